The van der Waals surface area contributed by atoms with Gasteiger partial charge in [-0.2, -0.15) is 0 Å². The quantitative estimate of drug-likeness (QED) is 0.218. The molecule has 36 heavy (non-hydrogen) atoms. The van der Waals surface area contributed by atoms with E-state index in [-0.39, 0.29) is 20.6 Å². The Balaban J connectivity index is 1.50. The van der Waals surface area contributed by atoms with E-state index in [9.17, 15) is 8.42 Å². The van der Waals surface area contributed by atoms with E-state index in [1.165, 1.54) is 11.3 Å². The largest absolute Gasteiger partial charge is 0.260 e. The van der Waals surface area contributed by atoms with E-state index in [0.29, 0.717) is 11.0 Å². The highest BCUT2D eigenvalue weighted by atomic mass is 32.2. The highest BCUT2D eigenvalue weighted by molar-refractivity contribution is 7.91. The first-order valence-electron chi connectivity index (χ1n) is 11.6. The topological polar surface area (TPSA) is 72.8 Å². The van der Waals surface area contributed by atoms with Gasteiger partial charge in [0.15, 0.2) is 0 Å². The summed E-state index contributed by atoms with van der Waals surface area (Å²) in [6.45, 7) is 14.4. The Bertz CT molecular complexity index is 1720. The van der Waals surface area contributed by atoms with E-state index in [2.05, 4.69) is 32.3 Å². The van der Waals surface area contributed by atoms with E-state index in [4.69, 9.17) is 9.97 Å². The fraction of sp³-hybridized carbons (Fsp3) is 0.250. The zero-order valence-corrected chi connectivity index (χ0v) is 23.3. The van der Waals surface area contributed by atoms with E-state index in [0.717, 1.165) is 30.7 Å². The Morgan fingerprint density at radius 2 is 1.44 bits per heavy atom. The van der Waals surface area contributed by atoms with Crippen LogP contribution in [-0.4, -0.2) is 23.4 Å². The van der Waals surface area contributed by atoms with Crippen molar-refractivity contribution in [2.75, 3.05) is 0 Å². The van der Waals surface area contributed by atoms with E-state index in [1.54, 1.807) is 35.6 Å². The number of sulfone groups is 1. The maximum absolute atomic E-state index is 13.5. The molecule has 0 atom stereocenters. The maximum Gasteiger partial charge on any atom is 0.206 e. The van der Waals surface area contributed by atoms with Crippen LogP contribution in [0.5, 0.6) is 0 Å². The highest BCUT2D eigenvalue weighted by Gasteiger charge is 2.24. The SMILES string of the molecule is C=CC(C)(C)c1nc2cc(S(=O)(=O)c3ccc4sc(-c5ccc(C(C)(C)C)nc5)nc4c3)ccc2s1. The van der Waals surface area contributed by atoms with Crippen LogP contribution in [0.2, 0.25) is 0 Å². The van der Waals surface area contributed by atoms with Gasteiger partial charge in [0, 0.05) is 28.3 Å². The third kappa shape index (κ3) is 4.38. The molecule has 2 aromatic carbocycles. The molecule has 0 bridgehead atoms. The minimum absolute atomic E-state index is 0.0274. The van der Waals surface area contributed by atoms with Crippen molar-refractivity contribution in [2.45, 2.75) is 55.2 Å². The predicted octanol–water partition coefficient (Wildman–Crippen LogP) is 7.56. The Hall–Kier alpha value is -2.94. The zero-order chi connectivity index (χ0) is 25.9. The standard InChI is InChI=1S/C28H27N3O2S3/c1-7-28(5,6)26-31-21-15-19(10-12-23(21)35-26)36(32,33)18-9-11-22-20(14-18)30-25(34-22)17-8-13-24(29-16-17)27(2,3)4/h7-16H,1H2,2-6H3. The van der Waals surface area contributed by atoms with Crippen molar-refractivity contribution in [3.63, 3.8) is 0 Å². The molecule has 3 heterocycles. The van der Waals surface area contributed by atoms with Gasteiger partial charge in [-0.15, -0.1) is 29.3 Å². The van der Waals surface area contributed by atoms with Gasteiger partial charge in [0.05, 0.1) is 30.2 Å². The number of nitrogens with zero attached hydrogens (tertiary/aromatic N) is 3. The minimum Gasteiger partial charge on any atom is -0.260 e. The molecule has 5 rings (SSSR count). The molecule has 0 radical (unpaired) electrons. The van der Waals surface area contributed by atoms with Gasteiger partial charge in [-0.05, 0) is 62.4 Å². The first-order valence-corrected chi connectivity index (χ1v) is 14.7. The number of aromatic nitrogens is 3. The zero-order valence-electron chi connectivity index (χ0n) is 20.9. The highest BCUT2D eigenvalue weighted by Crippen LogP contribution is 2.36. The van der Waals surface area contributed by atoms with Crippen molar-refractivity contribution in [3.05, 3.63) is 78.1 Å². The third-order valence-corrected chi connectivity index (χ3v) is 10.4. The van der Waals surface area contributed by atoms with Crippen molar-refractivity contribution >= 4 is 52.9 Å². The van der Waals surface area contributed by atoms with E-state index < -0.39 is 9.84 Å². The Kier molecular flexibility index (Phi) is 5.89. The molecule has 0 saturated heterocycles. The van der Waals surface area contributed by atoms with Crippen molar-refractivity contribution in [1.82, 2.24) is 15.0 Å². The summed E-state index contributed by atoms with van der Waals surface area (Å²) in [4.78, 5) is 14.5. The fourth-order valence-electron chi connectivity index (χ4n) is 3.74. The van der Waals surface area contributed by atoms with Gasteiger partial charge < -0.3 is 0 Å². The summed E-state index contributed by atoms with van der Waals surface area (Å²) >= 11 is 3.08. The second-order valence-electron chi connectivity index (χ2n) is 10.4. The molecule has 5 nitrogen and oxygen atoms in total. The normalized spacial score (nSPS) is 12.9. The smallest absolute Gasteiger partial charge is 0.206 e. The molecule has 0 unspecified atom stereocenters. The van der Waals surface area contributed by atoms with Crippen LogP contribution in [0.15, 0.2) is 77.2 Å². The van der Waals surface area contributed by atoms with Crippen LogP contribution in [-0.2, 0) is 20.7 Å². The summed E-state index contributed by atoms with van der Waals surface area (Å²) in [6, 6.07) is 14.3. The maximum atomic E-state index is 13.5. The lowest BCUT2D eigenvalue weighted by Gasteiger charge is -2.17. The molecule has 0 spiro atoms. The first-order chi connectivity index (χ1) is 16.9. The van der Waals surface area contributed by atoms with Crippen LogP contribution >= 0.6 is 22.7 Å². The summed E-state index contributed by atoms with van der Waals surface area (Å²) in [5.74, 6) is 0. The van der Waals surface area contributed by atoms with Gasteiger partial charge in [-0.3, -0.25) is 4.98 Å². The van der Waals surface area contributed by atoms with E-state index in [1.807, 2.05) is 50.4 Å². The van der Waals surface area contributed by atoms with Crippen molar-refractivity contribution in [1.29, 1.82) is 0 Å². The lowest BCUT2D eigenvalue weighted by molar-refractivity contribution is 0.569. The Morgan fingerprint density at radius 1 is 0.833 bits per heavy atom. The monoisotopic (exact) mass is 533 g/mol. The van der Waals surface area contributed by atoms with Gasteiger partial charge in [0.2, 0.25) is 9.84 Å². The second kappa shape index (κ2) is 8.57. The molecule has 0 amide bonds. The third-order valence-electron chi connectivity index (χ3n) is 6.18. The van der Waals surface area contributed by atoms with Gasteiger partial charge in [-0.1, -0.05) is 26.8 Å². The van der Waals surface area contributed by atoms with Crippen LogP contribution in [0.3, 0.4) is 0 Å². The molecule has 0 fully saturated rings. The summed E-state index contributed by atoms with van der Waals surface area (Å²) in [7, 11) is -3.73. The summed E-state index contributed by atoms with van der Waals surface area (Å²) in [5, 5.41) is 1.72. The molecule has 0 N–H and O–H groups in total. The van der Waals surface area contributed by atoms with Crippen LogP contribution in [0, 0.1) is 0 Å². The number of fused-ring (bicyclic) bond motifs is 2. The molecule has 8 heteroatoms. The lowest BCUT2D eigenvalue weighted by Crippen LogP contribution is -2.12. The van der Waals surface area contributed by atoms with Crippen LogP contribution in [0.4, 0.5) is 0 Å². The summed E-state index contributed by atoms with van der Waals surface area (Å²) in [5.41, 5.74) is 2.95. The van der Waals surface area contributed by atoms with Crippen LogP contribution < -0.4 is 0 Å². The van der Waals surface area contributed by atoms with Crippen molar-refractivity contribution in [2.24, 2.45) is 0 Å². The molecule has 0 aliphatic heterocycles. The fourth-order valence-corrected chi connectivity index (χ4v) is 7.02. The number of rotatable bonds is 5. The molecular formula is C28H27N3O2S3. The second-order valence-corrected chi connectivity index (χ2v) is 14.4. The molecule has 184 valence electrons. The summed E-state index contributed by atoms with van der Waals surface area (Å²) < 4.78 is 28.9. The minimum atomic E-state index is -3.73. The van der Waals surface area contributed by atoms with Crippen LogP contribution in [0.25, 0.3) is 31.0 Å². The van der Waals surface area contributed by atoms with Gasteiger partial charge >= 0.3 is 0 Å². The number of hydrogen-bond acceptors (Lipinski definition) is 7. The number of thiazole rings is 2. The molecule has 0 saturated carbocycles. The molecule has 3 aromatic heterocycles. The molecule has 5 aromatic rings. The van der Waals surface area contributed by atoms with Crippen molar-refractivity contribution in [3.8, 4) is 10.6 Å². The lowest BCUT2D eigenvalue weighted by atomic mass is 9.91. The van der Waals surface area contributed by atoms with Crippen LogP contribution in [0.1, 0.15) is 45.3 Å². The first kappa shape index (κ1) is 24.7. The molecule has 0 aliphatic carbocycles. The van der Waals surface area contributed by atoms with Crippen molar-refractivity contribution < 1.29 is 8.42 Å². The van der Waals surface area contributed by atoms with Gasteiger partial charge in [0.25, 0.3) is 0 Å². The van der Waals surface area contributed by atoms with E-state index >= 15 is 0 Å². The number of benzene rings is 2. The predicted molar refractivity (Wildman–Crippen MR) is 150 cm³/mol. The number of hydrogen-bond donors (Lipinski definition) is 0. The number of allylic oxidation sites excluding steroid dienone is 1. The van der Waals surface area contributed by atoms with Gasteiger partial charge in [0.1, 0.15) is 10.0 Å². The molecule has 0 aliphatic rings. The summed E-state index contributed by atoms with van der Waals surface area (Å²) in [6.07, 6.45) is 3.69. The average molecular weight is 534 g/mol. The Labute approximate surface area is 219 Å². The number of pyridine rings is 1. The average Bonchev–Trinajstić information content (AvgIpc) is 3.47. The van der Waals surface area contributed by atoms with Gasteiger partial charge in [-0.25, -0.2) is 18.4 Å². The molecular weight excluding hydrogens is 507 g/mol. The Morgan fingerprint density at radius 3 is 2.00 bits per heavy atom.